The van der Waals surface area contributed by atoms with Crippen LogP contribution in [0.1, 0.15) is 24.0 Å². The summed E-state index contributed by atoms with van der Waals surface area (Å²) in [4.78, 5) is 14.2. The molecular formula is C15H22N2O. The van der Waals surface area contributed by atoms with Gasteiger partial charge in [-0.15, -0.1) is 0 Å². The predicted octanol–water partition coefficient (Wildman–Crippen LogP) is 1.75. The van der Waals surface area contributed by atoms with Gasteiger partial charge in [-0.25, -0.2) is 0 Å². The molecule has 0 aromatic heterocycles. The Labute approximate surface area is 109 Å². The Morgan fingerprint density at radius 3 is 3.00 bits per heavy atom. The van der Waals surface area contributed by atoms with E-state index in [0.29, 0.717) is 6.42 Å². The van der Waals surface area contributed by atoms with Gasteiger partial charge in [0.25, 0.3) is 0 Å². The van der Waals surface area contributed by atoms with Crippen LogP contribution >= 0.6 is 0 Å². The van der Waals surface area contributed by atoms with Gasteiger partial charge >= 0.3 is 0 Å². The molecule has 3 heteroatoms. The van der Waals surface area contributed by atoms with Crippen LogP contribution in [0.3, 0.4) is 0 Å². The summed E-state index contributed by atoms with van der Waals surface area (Å²) in [7, 11) is 0. The molecule has 1 amide bonds. The maximum absolute atomic E-state index is 12.2. The van der Waals surface area contributed by atoms with Crippen molar-refractivity contribution in [2.24, 2.45) is 0 Å². The van der Waals surface area contributed by atoms with E-state index < -0.39 is 0 Å². The van der Waals surface area contributed by atoms with Gasteiger partial charge in [-0.1, -0.05) is 29.8 Å². The first-order chi connectivity index (χ1) is 8.75. The Kier molecular flexibility index (Phi) is 4.76. The van der Waals surface area contributed by atoms with E-state index in [9.17, 15) is 4.79 Å². The molecule has 18 heavy (non-hydrogen) atoms. The number of carbonyl (C=O) groups excluding carboxylic acids is 1. The fraction of sp³-hybridized carbons (Fsp3) is 0.533. The van der Waals surface area contributed by atoms with Gasteiger partial charge < -0.3 is 10.2 Å². The third-order valence-electron chi connectivity index (χ3n) is 3.38. The van der Waals surface area contributed by atoms with Gasteiger partial charge in [-0.2, -0.15) is 0 Å². The highest BCUT2D eigenvalue weighted by atomic mass is 16.2. The molecule has 0 aliphatic carbocycles. The fourth-order valence-electron chi connectivity index (χ4n) is 2.36. The number of hydrogen-bond acceptors (Lipinski definition) is 2. The molecule has 1 aromatic rings. The normalized spacial score (nSPS) is 17.1. The van der Waals surface area contributed by atoms with Crippen LogP contribution in [0.2, 0.25) is 0 Å². The van der Waals surface area contributed by atoms with Crippen molar-refractivity contribution in [3.8, 4) is 0 Å². The lowest BCUT2D eigenvalue weighted by atomic mass is 10.1. The maximum Gasteiger partial charge on any atom is 0.227 e. The van der Waals surface area contributed by atoms with Crippen molar-refractivity contribution < 1.29 is 4.79 Å². The molecule has 1 N–H and O–H groups in total. The van der Waals surface area contributed by atoms with Gasteiger partial charge in [0.05, 0.1) is 6.42 Å². The molecule has 0 bridgehead atoms. The van der Waals surface area contributed by atoms with E-state index in [1.807, 2.05) is 17.0 Å². The lowest BCUT2D eigenvalue weighted by Crippen LogP contribution is -2.40. The minimum atomic E-state index is 0.254. The van der Waals surface area contributed by atoms with Crippen LogP contribution in [0.4, 0.5) is 0 Å². The summed E-state index contributed by atoms with van der Waals surface area (Å²) in [5.41, 5.74) is 2.34. The zero-order chi connectivity index (χ0) is 12.8. The van der Waals surface area contributed by atoms with E-state index in [1.165, 1.54) is 5.56 Å². The van der Waals surface area contributed by atoms with Crippen LogP contribution in [-0.2, 0) is 11.2 Å². The molecule has 1 saturated heterocycles. The smallest absolute Gasteiger partial charge is 0.227 e. The molecule has 3 nitrogen and oxygen atoms in total. The lowest BCUT2D eigenvalue weighted by Gasteiger charge is -2.25. The van der Waals surface area contributed by atoms with E-state index in [1.54, 1.807) is 0 Å². The van der Waals surface area contributed by atoms with Gasteiger partial charge in [-0.3, -0.25) is 4.79 Å². The Hall–Kier alpha value is -1.35. The second-order valence-electron chi connectivity index (χ2n) is 5.00. The van der Waals surface area contributed by atoms with Gasteiger partial charge in [0.1, 0.15) is 0 Å². The standard InChI is InChI=1S/C15H22N2O/c1-13-5-4-6-14(11-13)12-15(18)17-9-3-2-7-16-8-10-17/h4-6,11,16H,2-3,7-10,12H2,1H3. The molecule has 2 rings (SSSR count). The maximum atomic E-state index is 12.2. The van der Waals surface area contributed by atoms with Crippen molar-refractivity contribution in [2.45, 2.75) is 26.2 Å². The molecule has 1 heterocycles. The summed E-state index contributed by atoms with van der Waals surface area (Å²) in [6.45, 7) is 5.81. The average Bonchev–Trinajstić information content (AvgIpc) is 2.28. The van der Waals surface area contributed by atoms with Crippen LogP contribution < -0.4 is 5.32 Å². The second kappa shape index (κ2) is 6.55. The first-order valence-electron chi connectivity index (χ1n) is 6.80. The third-order valence-corrected chi connectivity index (χ3v) is 3.38. The fourth-order valence-corrected chi connectivity index (χ4v) is 2.36. The predicted molar refractivity (Wildman–Crippen MR) is 73.6 cm³/mol. The minimum absolute atomic E-state index is 0.254. The van der Waals surface area contributed by atoms with E-state index in [4.69, 9.17) is 0 Å². The monoisotopic (exact) mass is 246 g/mol. The highest BCUT2D eigenvalue weighted by molar-refractivity contribution is 5.78. The molecule has 1 aromatic carbocycles. The lowest BCUT2D eigenvalue weighted by molar-refractivity contribution is -0.130. The first kappa shape index (κ1) is 13.1. The van der Waals surface area contributed by atoms with Gasteiger partial charge in [0.15, 0.2) is 0 Å². The first-order valence-corrected chi connectivity index (χ1v) is 6.80. The summed E-state index contributed by atoms with van der Waals surface area (Å²) in [5, 5.41) is 3.35. The van der Waals surface area contributed by atoms with Crippen molar-refractivity contribution in [3.63, 3.8) is 0 Å². The molecule has 1 aliphatic heterocycles. The molecule has 1 aliphatic rings. The molecule has 0 saturated carbocycles. The largest absolute Gasteiger partial charge is 0.341 e. The van der Waals surface area contributed by atoms with Crippen molar-refractivity contribution in [3.05, 3.63) is 35.4 Å². The minimum Gasteiger partial charge on any atom is -0.341 e. The molecular weight excluding hydrogens is 224 g/mol. The number of nitrogens with zero attached hydrogens (tertiary/aromatic N) is 1. The summed E-state index contributed by atoms with van der Waals surface area (Å²) in [5.74, 6) is 0.254. The van der Waals surface area contributed by atoms with Crippen molar-refractivity contribution in [1.82, 2.24) is 10.2 Å². The number of aryl methyl sites for hydroxylation is 1. The second-order valence-corrected chi connectivity index (χ2v) is 5.00. The summed E-state index contributed by atoms with van der Waals surface area (Å²) >= 11 is 0. The van der Waals surface area contributed by atoms with E-state index >= 15 is 0 Å². The number of hydrogen-bond donors (Lipinski definition) is 1. The molecule has 0 atom stereocenters. The van der Waals surface area contributed by atoms with Crippen LogP contribution in [-0.4, -0.2) is 37.0 Å². The van der Waals surface area contributed by atoms with Gasteiger partial charge in [-0.05, 0) is 31.9 Å². The van der Waals surface area contributed by atoms with Crippen LogP contribution in [0, 0.1) is 6.92 Å². The highest BCUT2D eigenvalue weighted by Gasteiger charge is 2.14. The van der Waals surface area contributed by atoms with Gasteiger partial charge in [0.2, 0.25) is 5.91 Å². The summed E-state index contributed by atoms with van der Waals surface area (Å²) in [6, 6.07) is 8.22. The molecule has 1 fully saturated rings. The van der Waals surface area contributed by atoms with Gasteiger partial charge in [0, 0.05) is 19.6 Å². The number of benzene rings is 1. The van der Waals surface area contributed by atoms with Crippen LogP contribution in [0.25, 0.3) is 0 Å². The zero-order valence-electron chi connectivity index (χ0n) is 11.1. The molecule has 0 radical (unpaired) electrons. The molecule has 0 spiro atoms. The molecule has 98 valence electrons. The molecule has 0 unspecified atom stereocenters. The van der Waals surface area contributed by atoms with Crippen molar-refractivity contribution >= 4 is 5.91 Å². The average molecular weight is 246 g/mol. The quantitative estimate of drug-likeness (QED) is 0.862. The number of amides is 1. The number of rotatable bonds is 2. The summed E-state index contributed by atoms with van der Waals surface area (Å²) in [6.07, 6.45) is 2.79. The van der Waals surface area contributed by atoms with E-state index in [2.05, 4.69) is 24.4 Å². The van der Waals surface area contributed by atoms with Crippen molar-refractivity contribution in [1.29, 1.82) is 0 Å². The van der Waals surface area contributed by atoms with Crippen molar-refractivity contribution in [2.75, 3.05) is 26.2 Å². The topological polar surface area (TPSA) is 32.3 Å². The van der Waals surface area contributed by atoms with Crippen LogP contribution in [0.15, 0.2) is 24.3 Å². The zero-order valence-corrected chi connectivity index (χ0v) is 11.1. The Morgan fingerprint density at radius 1 is 1.28 bits per heavy atom. The third kappa shape index (κ3) is 3.84. The number of carbonyl (C=O) groups is 1. The Balaban J connectivity index is 1.93. The highest BCUT2D eigenvalue weighted by Crippen LogP contribution is 2.08. The number of nitrogens with one attached hydrogen (secondary N) is 1. The SMILES string of the molecule is Cc1cccc(CC(=O)N2CCCCNCC2)c1. The van der Waals surface area contributed by atoms with E-state index in [-0.39, 0.29) is 5.91 Å². The van der Waals surface area contributed by atoms with Crippen LogP contribution in [0.5, 0.6) is 0 Å². The summed E-state index contributed by atoms with van der Waals surface area (Å²) < 4.78 is 0. The Morgan fingerprint density at radius 2 is 2.17 bits per heavy atom. The van der Waals surface area contributed by atoms with E-state index in [0.717, 1.165) is 44.6 Å². The Bertz CT molecular complexity index is 395.